The molecule has 2 heterocycles. The molecular formula is C40H70O18S. The number of ether oxygens (including phenoxy) is 5. The van der Waals surface area contributed by atoms with Crippen LogP contribution in [0.2, 0.25) is 0 Å². The van der Waals surface area contributed by atoms with E-state index in [-0.39, 0.29) is 50.4 Å². The van der Waals surface area contributed by atoms with Gasteiger partial charge < -0.3 is 69.6 Å². The van der Waals surface area contributed by atoms with Crippen LogP contribution in [0.25, 0.3) is 0 Å². The van der Waals surface area contributed by atoms with Crippen LogP contribution in [0.4, 0.5) is 0 Å². The minimum Gasteiger partial charge on any atom is -0.390 e. The molecule has 344 valence electrons. The van der Waals surface area contributed by atoms with Crippen LogP contribution in [-0.2, 0) is 38.3 Å². The summed E-state index contributed by atoms with van der Waals surface area (Å²) in [5, 5.41) is 100.0. The summed E-state index contributed by atoms with van der Waals surface area (Å²) >= 11 is 0. The predicted octanol–water partition coefficient (Wildman–Crippen LogP) is -0.517. The van der Waals surface area contributed by atoms with Gasteiger partial charge in [0.05, 0.1) is 55.9 Å². The molecular weight excluding hydrogens is 800 g/mol. The molecule has 19 heteroatoms. The lowest BCUT2D eigenvalue weighted by molar-refractivity contribution is -0.345. The maximum absolute atomic E-state index is 12.9. The van der Waals surface area contributed by atoms with E-state index < -0.39 is 130 Å². The van der Waals surface area contributed by atoms with E-state index >= 15 is 0 Å². The summed E-state index contributed by atoms with van der Waals surface area (Å²) in [5.41, 5.74) is -3.43. The van der Waals surface area contributed by atoms with Crippen molar-refractivity contribution in [1.82, 2.24) is 0 Å². The minimum absolute atomic E-state index is 0.126. The first-order chi connectivity index (χ1) is 27.5. The van der Waals surface area contributed by atoms with E-state index in [1.54, 1.807) is 0 Å². The van der Waals surface area contributed by atoms with Crippen molar-refractivity contribution in [2.45, 2.75) is 171 Å². The number of aliphatic hydroxyl groups excluding tert-OH is 8. The molecule has 2 aliphatic heterocycles. The number of fused-ring (bicyclic) bond motifs is 5. The van der Waals surface area contributed by atoms with Crippen molar-refractivity contribution in [3.05, 3.63) is 0 Å². The average Bonchev–Trinajstić information content (AvgIpc) is 3.35. The maximum Gasteiger partial charge on any atom is 0.397 e. The second-order valence-corrected chi connectivity index (χ2v) is 20.6. The van der Waals surface area contributed by atoms with Crippen LogP contribution in [0.5, 0.6) is 0 Å². The zero-order valence-corrected chi connectivity index (χ0v) is 35.8. The standard InChI is InChI=1S/C40H70O18S/c1-18(2)20(11-14-54-36-34(30(46)23(43)16-55-36)57-37-33(53-6)29(45)22(42)17-56-37)8-7-19(3)26-31(47)32(48)35-39(26,5)13-10-25-38(4)12-9-21(41)28(44)27(38)24(15-40(25,35)49)58-59(50,51)52/h18-37,41-49H,7-17H2,1-6H3,(H,50,51,52)/t19-,20-,21+,22?,23?,24?,25?,26+,27?,28+,29?,30?,31-,32?,33?,34?,35?,36?,37?,38-,39-,40+/m1/s1. The number of hydrogen-bond donors (Lipinski definition) is 10. The Morgan fingerprint density at radius 2 is 1.36 bits per heavy atom. The second kappa shape index (κ2) is 18.1. The monoisotopic (exact) mass is 870 g/mol. The summed E-state index contributed by atoms with van der Waals surface area (Å²) in [7, 11) is -3.71. The molecule has 0 aromatic rings. The van der Waals surface area contributed by atoms with Crippen molar-refractivity contribution in [1.29, 1.82) is 0 Å². The molecule has 0 aromatic carbocycles. The van der Waals surface area contributed by atoms with Gasteiger partial charge in [-0.05, 0) is 78.9 Å². The van der Waals surface area contributed by atoms with Gasteiger partial charge in [0.1, 0.15) is 36.6 Å². The van der Waals surface area contributed by atoms with E-state index in [1.165, 1.54) is 7.11 Å². The lowest BCUT2D eigenvalue weighted by Crippen LogP contribution is -2.71. The van der Waals surface area contributed by atoms with Crippen molar-refractivity contribution in [3.63, 3.8) is 0 Å². The Morgan fingerprint density at radius 3 is 1.97 bits per heavy atom. The van der Waals surface area contributed by atoms with Crippen LogP contribution >= 0.6 is 0 Å². The molecule has 13 unspecified atom stereocenters. The van der Waals surface area contributed by atoms with Gasteiger partial charge in [-0.2, -0.15) is 8.42 Å². The summed E-state index contributed by atoms with van der Waals surface area (Å²) in [5.74, 6) is -2.57. The van der Waals surface area contributed by atoms with Gasteiger partial charge in [-0.15, -0.1) is 0 Å². The third-order valence-corrected chi connectivity index (χ3v) is 16.4. The number of hydrogen-bond acceptors (Lipinski definition) is 17. The van der Waals surface area contributed by atoms with Crippen LogP contribution in [0, 0.1) is 52.3 Å². The summed E-state index contributed by atoms with van der Waals surface area (Å²) in [6.07, 6.45) is -13.0. The normalized spacial score (nSPS) is 50.2. The van der Waals surface area contributed by atoms with Crippen molar-refractivity contribution in [2.75, 3.05) is 26.9 Å². The molecule has 0 bridgehead atoms. The van der Waals surface area contributed by atoms with E-state index in [4.69, 9.17) is 27.9 Å². The van der Waals surface area contributed by atoms with E-state index in [9.17, 15) is 58.9 Å². The van der Waals surface area contributed by atoms with Gasteiger partial charge in [-0.25, -0.2) is 4.18 Å². The minimum atomic E-state index is -5.03. The highest BCUT2D eigenvalue weighted by molar-refractivity contribution is 7.80. The molecule has 6 fully saturated rings. The molecule has 6 rings (SSSR count). The molecule has 18 nitrogen and oxygen atoms in total. The molecule has 0 spiro atoms. The van der Waals surface area contributed by atoms with Crippen molar-refractivity contribution < 1.29 is 86.8 Å². The van der Waals surface area contributed by atoms with E-state index in [1.807, 2.05) is 20.8 Å². The van der Waals surface area contributed by atoms with Crippen molar-refractivity contribution in [3.8, 4) is 0 Å². The molecule has 4 saturated carbocycles. The van der Waals surface area contributed by atoms with Crippen LogP contribution in [0.1, 0.15) is 86.0 Å². The van der Waals surface area contributed by atoms with Crippen LogP contribution in [-0.4, -0.2) is 171 Å². The summed E-state index contributed by atoms with van der Waals surface area (Å²) in [6.45, 7) is 9.78. The molecule has 4 aliphatic carbocycles. The lowest BCUT2D eigenvalue weighted by Gasteiger charge is -2.66. The van der Waals surface area contributed by atoms with Gasteiger partial charge in [0, 0.05) is 25.4 Å². The highest BCUT2D eigenvalue weighted by Crippen LogP contribution is 2.70. The predicted molar refractivity (Wildman–Crippen MR) is 205 cm³/mol. The molecule has 22 atom stereocenters. The van der Waals surface area contributed by atoms with Crippen LogP contribution in [0.15, 0.2) is 0 Å². The first-order valence-electron chi connectivity index (χ1n) is 21.4. The van der Waals surface area contributed by atoms with Gasteiger partial charge in [0.2, 0.25) is 0 Å². The van der Waals surface area contributed by atoms with Gasteiger partial charge in [0.25, 0.3) is 0 Å². The highest BCUT2D eigenvalue weighted by atomic mass is 32.3. The first kappa shape index (κ1) is 47.8. The zero-order chi connectivity index (χ0) is 43.6. The largest absolute Gasteiger partial charge is 0.397 e. The zero-order valence-electron chi connectivity index (χ0n) is 35.0. The lowest BCUT2D eigenvalue weighted by atomic mass is 9.41. The molecule has 6 aliphatic rings. The molecule has 10 N–H and O–H groups in total. The molecule has 0 aromatic heterocycles. The Kier molecular flexibility index (Phi) is 14.6. The second-order valence-electron chi connectivity index (χ2n) is 19.5. The highest BCUT2D eigenvalue weighted by Gasteiger charge is 2.74. The Bertz CT molecular complexity index is 1520. The number of aliphatic hydroxyl groups is 9. The fourth-order valence-electron chi connectivity index (χ4n) is 13.0. The molecule has 2 saturated heterocycles. The van der Waals surface area contributed by atoms with Crippen molar-refractivity contribution >= 4 is 10.4 Å². The topological polar surface area (TPSA) is 292 Å². The first-order valence-corrected chi connectivity index (χ1v) is 22.7. The fourth-order valence-corrected chi connectivity index (χ4v) is 13.5. The molecule has 59 heavy (non-hydrogen) atoms. The third kappa shape index (κ3) is 8.91. The number of rotatable bonds is 14. The van der Waals surface area contributed by atoms with Gasteiger partial charge >= 0.3 is 10.4 Å². The Hall–Kier alpha value is -0.690. The van der Waals surface area contributed by atoms with Gasteiger partial charge in [0.15, 0.2) is 12.6 Å². The smallest absolute Gasteiger partial charge is 0.390 e. The van der Waals surface area contributed by atoms with Crippen molar-refractivity contribution in [2.24, 2.45) is 52.3 Å². The average molecular weight is 871 g/mol. The third-order valence-electron chi connectivity index (χ3n) is 15.9. The Morgan fingerprint density at radius 1 is 0.746 bits per heavy atom. The SMILES string of the molecule is COC1C(OC2C(OCC[C@@H](CC[C@@H](C)[C@H]3[C@@H](O)C(O)C4[C@]5(O)CC(OS(=O)(=O)O)C6[C@@H](O)[C@@H](O)CC[C@]6(C)C5CC[C@@]43C)C(C)C)OCC(O)C2O)OCC(O)C1O. The van der Waals surface area contributed by atoms with E-state index in [2.05, 4.69) is 13.8 Å². The summed E-state index contributed by atoms with van der Waals surface area (Å²) in [4.78, 5) is 0. The fraction of sp³-hybridized carbons (Fsp3) is 1.00. The Labute approximate surface area is 347 Å². The van der Waals surface area contributed by atoms with Gasteiger partial charge in [-0.1, -0.05) is 41.0 Å². The summed E-state index contributed by atoms with van der Waals surface area (Å²) in [6, 6.07) is 0. The summed E-state index contributed by atoms with van der Waals surface area (Å²) < 4.78 is 67.8. The van der Waals surface area contributed by atoms with Crippen LogP contribution < -0.4 is 0 Å². The molecule has 0 amide bonds. The quantitative estimate of drug-likeness (QED) is 0.0983. The van der Waals surface area contributed by atoms with Crippen LogP contribution in [0.3, 0.4) is 0 Å². The number of methoxy groups -OCH3 is 1. The Balaban J connectivity index is 1.13. The van der Waals surface area contributed by atoms with E-state index in [0.717, 1.165) is 6.42 Å². The van der Waals surface area contributed by atoms with Gasteiger partial charge in [-0.3, -0.25) is 4.55 Å². The molecule has 0 radical (unpaired) electrons. The maximum atomic E-state index is 12.9. The van der Waals surface area contributed by atoms with E-state index in [0.29, 0.717) is 32.1 Å².